The summed E-state index contributed by atoms with van der Waals surface area (Å²) in [4.78, 5) is 20.3. The van der Waals surface area contributed by atoms with E-state index in [1.54, 1.807) is 25.2 Å². The third-order valence-electron chi connectivity index (χ3n) is 1.99. The Bertz CT molecular complexity index is 453. The molecule has 2 rings (SSSR count). The molecule has 1 aromatic rings. The Balaban J connectivity index is 0.000000404. The third-order valence-corrected chi connectivity index (χ3v) is 1.99. The van der Waals surface area contributed by atoms with Crippen molar-refractivity contribution >= 4 is 24.3 Å². The lowest BCUT2D eigenvalue weighted by Crippen LogP contribution is -2.16. The summed E-state index contributed by atoms with van der Waals surface area (Å²) in [6, 6.07) is 4.85. The molecule has 0 saturated heterocycles. The van der Waals surface area contributed by atoms with Crippen LogP contribution in [0, 0.1) is 0 Å². The number of halogens is 1. The molecule has 1 amide bonds. The Labute approximate surface area is 116 Å². The van der Waals surface area contributed by atoms with Crippen molar-refractivity contribution in [1.82, 2.24) is 5.32 Å². The first kappa shape index (κ1) is 17.0. The lowest BCUT2D eigenvalue weighted by Gasteiger charge is -1.97. The van der Waals surface area contributed by atoms with Gasteiger partial charge in [0.25, 0.3) is 0 Å². The number of amides is 1. The zero-order chi connectivity index (χ0) is 13.5. The monoisotopic (exact) mass is 290 g/mol. The van der Waals surface area contributed by atoms with Crippen molar-refractivity contribution in [1.29, 1.82) is 0 Å². The number of carbonyl (C=O) groups excluding carboxylic acids is 1. The van der Waals surface area contributed by atoms with E-state index in [0.29, 0.717) is 17.1 Å². The predicted molar refractivity (Wildman–Crippen MR) is 69.9 cm³/mol. The third kappa shape index (κ3) is 5.45. The van der Waals surface area contributed by atoms with Gasteiger partial charge in [0.15, 0.2) is 11.5 Å². The quantitative estimate of drug-likeness (QED) is 0.735. The van der Waals surface area contributed by atoms with Crippen LogP contribution in [-0.2, 0) is 4.79 Å². The lowest BCUT2D eigenvalue weighted by atomic mass is 10.2. The number of hydrogen-bond acceptors (Lipinski definition) is 5. The highest BCUT2D eigenvalue weighted by atomic mass is 35.5. The molecule has 1 aromatic carbocycles. The summed E-state index contributed by atoms with van der Waals surface area (Å²) < 4.78 is 10.1. The fourth-order valence-electron chi connectivity index (χ4n) is 1.20. The zero-order valence-corrected chi connectivity index (χ0v) is 11.0. The number of primary amides is 1. The minimum Gasteiger partial charge on any atom is -0.480 e. The maximum Gasteiger partial charge on any atom is 0.317 e. The summed E-state index contributed by atoms with van der Waals surface area (Å²) in [7, 11) is 1.59. The van der Waals surface area contributed by atoms with Crippen LogP contribution in [0.15, 0.2) is 18.2 Å². The first-order chi connectivity index (χ1) is 8.54. The summed E-state index contributed by atoms with van der Waals surface area (Å²) >= 11 is 0. The second kappa shape index (κ2) is 8.17. The average Bonchev–Trinajstić information content (AvgIpc) is 2.76. The summed E-state index contributed by atoms with van der Waals surface area (Å²) in [5.74, 6) is -0.0582. The molecule has 0 atom stereocenters. The van der Waals surface area contributed by atoms with E-state index >= 15 is 0 Å². The fourth-order valence-corrected chi connectivity index (χ4v) is 1.20. The number of nitrogens with one attached hydrogen (secondary N) is 1. The summed E-state index contributed by atoms with van der Waals surface area (Å²) in [6.07, 6.45) is 0. The second-order valence-corrected chi connectivity index (χ2v) is 3.36. The molecular weight excluding hydrogens is 276 g/mol. The molecule has 1 aliphatic rings. The maximum atomic E-state index is 10.7. The Morgan fingerprint density at radius 2 is 2.00 bits per heavy atom. The summed E-state index contributed by atoms with van der Waals surface area (Å²) in [6.45, 7) is 0.248. The number of carboxylic acid groups (broad SMARTS) is 1. The van der Waals surface area contributed by atoms with Crippen LogP contribution in [0.4, 0.5) is 0 Å². The molecule has 0 aliphatic carbocycles. The van der Waals surface area contributed by atoms with Gasteiger partial charge in [0.05, 0.1) is 6.54 Å². The standard InChI is InChI=1S/C8H7NO3.C3H7NO2.ClH/c9-8(10)5-1-2-6-7(3-5)12-4-11-6;1-4-2-3(5)6;/h1-3H,4H2,(H2,9,10);4H,2H2,1H3,(H,5,6);1H. The van der Waals surface area contributed by atoms with E-state index in [1.165, 1.54) is 0 Å². The molecule has 19 heavy (non-hydrogen) atoms. The number of carboxylic acids is 1. The molecule has 0 fully saturated rings. The molecule has 0 radical (unpaired) electrons. The number of carbonyl (C=O) groups is 2. The Kier molecular flexibility index (Phi) is 7.32. The zero-order valence-electron chi connectivity index (χ0n) is 10.2. The number of aliphatic carboxylic acids is 1. The van der Waals surface area contributed by atoms with Crippen molar-refractivity contribution in [2.75, 3.05) is 20.4 Å². The van der Waals surface area contributed by atoms with Gasteiger partial charge in [-0.2, -0.15) is 0 Å². The van der Waals surface area contributed by atoms with Crippen LogP contribution >= 0.6 is 12.4 Å². The van der Waals surface area contributed by atoms with Crippen LogP contribution in [0.1, 0.15) is 10.4 Å². The molecular formula is C11H15ClN2O5. The number of likely N-dealkylation sites (N-methyl/N-ethyl adjacent to an activating group) is 1. The number of ether oxygens (including phenoxy) is 2. The van der Waals surface area contributed by atoms with Crippen molar-refractivity contribution in [2.45, 2.75) is 0 Å². The van der Waals surface area contributed by atoms with E-state index in [4.69, 9.17) is 20.3 Å². The van der Waals surface area contributed by atoms with Gasteiger partial charge in [-0.15, -0.1) is 12.4 Å². The van der Waals surface area contributed by atoms with E-state index in [9.17, 15) is 9.59 Å². The molecule has 0 saturated carbocycles. The van der Waals surface area contributed by atoms with Gasteiger partial charge in [0.2, 0.25) is 12.7 Å². The number of benzene rings is 1. The van der Waals surface area contributed by atoms with Crippen LogP contribution in [-0.4, -0.2) is 37.4 Å². The van der Waals surface area contributed by atoms with Gasteiger partial charge in [0.1, 0.15) is 0 Å². The molecule has 1 heterocycles. The van der Waals surface area contributed by atoms with Crippen molar-refractivity contribution in [3.8, 4) is 11.5 Å². The van der Waals surface area contributed by atoms with Crippen LogP contribution in [0.25, 0.3) is 0 Å². The molecule has 7 nitrogen and oxygen atoms in total. The van der Waals surface area contributed by atoms with E-state index < -0.39 is 11.9 Å². The molecule has 106 valence electrons. The lowest BCUT2D eigenvalue weighted by molar-refractivity contribution is -0.135. The normalized spacial score (nSPS) is 10.8. The molecule has 0 bridgehead atoms. The van der Waals surface area contributed by atoms with Crippen molar-refractivity contribution in [3.05, 3.63) is 23.8 Å². The van der Waals surface area contributed by atoms with E-state index in [2.05, 4.69) is 5.32 Å². The Hall–Kier alpha value is -1.99. The summed E-state index contributed by atoms with van der Waals surface area (Å²) in [5.41, 5.74) is 5.50. The average molecular weight is 291 g/mol. The van der Waals surface area contributed by atoms with Crippen LogP contribution in [0.2, 0.25) is 0 Å². The fraction of sp³-hybridized carbons (Fsp3) is 0.273. The number of rotatable bonds is 3. The number of fused-ring (bicyclic) bond motifs is 1. The van der Waals surface area contributed by atoms with E-state index in [0.717, 1.165) is 0 Å². The Morgan fingerprint density at radius 3 is 2.47 bits per heavy atom. The molecule has 1 aliphatic heterocycles. The SMILES string of the molecule is CNCC(=O)O.Cl.NC(=O)c1ccc2c(c1)OCO2. The second-order valence-electron chi connectivity index (χ2n) is 3.36. The number of nitrogens with two attached hydrogens (primary N) is 1. The van der Waals surface area contributed by atoms with Gasteiger partial charge in [-0.3, -0.25) is 9.59 Å². The topological polar surface area (TPSA) is 111 Å². The maximum absolute atomic E-state index is 10.7. The van der Waals surface area contributed by atoms with Gasteiger partial charge in [-0.1, -0.05) is 0 Å². The predicted octanol–water partition coefficient (Wildman–Crippen LogP) is 0.226. The van der Waals surface area contributed by atoms with Gasteiger partial charge in [0, 0.05) is 5.56 Å². The Morgan fingerprint density at radius 1 is 1.37 bits per heavy atom. The highest BCUT2D eigenvalue weighted by Crippen LogP contribution is 2.32. The molecule has 4 N–H and O–H groups in total. The van der Waals surface area contributed by atoms with E-state index in [1.807, 2.05) is 0 Å². The molecule has 0 spiro atoms. The highest BCUT2D eigenvalue weighted by molar-refractivity contribution is 5.93. The van der Waals surface area contributed by atoms with Crippen molar-refractivity contribution < 1.29 is 24.2 Å². The smallest absolute Gasteiger partial charge is 0.317 e. The van der Waals surface area contributed by atoms with Crippen LogP contribution in [0.3, 0.4) is 0 Å². The summed E-state index contributed by atoms with van der Waals surface area (Å²) in [5, 5.41) is 10.3. The number of hydrogen-bond donors (Lipinski definition) is 3. The van der Waals surface area contributed by atoms with Gasteiger partial charge < -0.3 is 25.6 Å². The first-order valence-electron chi connectivity index (χ1n) is 5.10. The van der Waals surface area contributed by atoms with Gasteiger partial charge >= 0.3 is 5.97 Å². The molecule has 0 unspecified atom stereocenters. The highest BCUT2D eigenvalue weighted by Gasteiger charge is 2.14. The van der Waals surface area contributed by atoms with E-state index in [-0.39, 0.29) is 25.7 Å². The van der Waals surface area contributed by atoms with Crippen LogP contribution in [0.5, 0.6) is 11.5 Å². The van der Waals surface area contributed by atoms with Crippen molar-refractivity contribution in [2.24, 2.45) is 5.73 Å². The van der Waals surface area contributed by atoms with Crippen LogP contribution < -0.4 is 20.5 Å². The largest absolute Gasteiger partial charge is 0.480 e. The van der Waals surface area contributed by atoms with Gasteiger partial charge in [-0.25, -0.2) is 0 Å². The minimum absolute atomic E-state index is 0. The van der Waals surface area contributed by atoms with Gasteiger partial charge in [-0.05, 0) is 25.2 Å². The molecule has 0 aromatic heterocycles. The molecule has 8 heteroatoms. The first-order valence-corrected chi connectivity index (χ1v) is 5.10. The van der Waals surface area contributed by atoms with Crippen molar-refractivity contribution in [3.63, 3.8) is 0 Å². The minimum atomic E-state index is -0.822.